The first kappa shape index (κ1) is 17.6. The Labute approximate surface area is 170 Å². The van der Waals surface area contributed by atoms with Crippen LogP contribution in [0.5, 0.6) is 17.2 Å². The number of para-hydroxylation sites is 2. The molecule has 1 N–H and O–H groups in total. The van der Waals surface area contributed by atoms with Gasteiger partial charge in [-0.1, -0.05) is 12.1 Å². The molecule has 5 rings (SSSR count). The first-order chi connectivity index (χ1) is 14.2. The minimum atomic E-state index is -0.192. The molecule has 0 atom stereocenters. The third kappa shape index (κ3) is 3.38. The molecule has 1 amide bonds. The number of fused-ring (bicyclic) bond motifs is 2. The minimum absolute atomic E-state index is 0.192. The number of aromatic nitrogens is 2. The number of hydrogen-bond donors (Lipinski definition) is 1. The molecule has 0 unspecified atom stereocenters. The highest BCUT2D eigenvalue weighted by Gasteiger charge is 2.16. The van der Waals surface area contributed by atoms with Crippen LogP contribution in [0, 0.1) is 0 Å². The summed E-state index contributed by atoms with van der Waals surface area (Å²) in [6, 6.07) is 15.0. The van der Waals surface area contributed by atoms with Crippen LogP contribution < -0.4 is 19.5 Å². The van der Waals surface area contributed by atoms with Gasteiger partial charge in [0.25, 0.3) is 5.91 Å². The fourth-order valence-corrected chi connectivity index (χ4v) is 3.92. The van der Waals surface area contributed by atoms with Crippen molar-refractivity contribution < 1.29 is 19.0 Å². The van der Waals surface area contributed by atoms with E-state index >= 15 is 0 Å². The van der Waals surface area contributed by atoms with Gasteiger partial charge < -0.3 is 18.8 Å². The fourth-order valence-electron chi connectivity index (χ4n) is 3.12. The summed E-state index contributed by atoms with van der Waals surface area (Å²) >= 11 is 1.37. The van der Waals surface area contributed by atoms with Crippen molar-refractivity contribution in [1.82, 2.24) is 9.55 Å². The highest BCUT2D eigenvalue weighted by molar-refractivity contribution is 7.12. The van der Waals surface area contributed by atoms with Crippen molar-refractivity contribution in [2.45, 2.75) is 6.61 Å². The minimum Gasteiger partial charge on any atom is -0.489 e. The van der Waals surface area contributed by atoms with E-state index in [4.69, 9.17) is 14.2 Å². The molecule has 0 radical (unpaired) electrons. The summed E-state index contributed by atoms with van der Waals surface area (Å²) in [5, 5.41) is 4.80. The predicted octanol–water partition coefficient (Wildman–Crippen LogP) is 4.19. The highest BCUT2D eigenvalue weighted by atomic mass is 32.1. The molecule has 146 valence electrons. The van der Waals surface area contributed by atoms with Gasteiger partial charge in [0.1, 0.15) is 12.4 Å². The average molecular weight is 407 g/mol. The van der Waals surface area contributed by atoms with Gasteiger partial charge >= 0.3 is 0 Å². The van der Waals surface area contributed by atoms with E-state index in [0.717, 1.165) is 16.6 Å². The van der Waals surface area contributed by atoms with Crippen LogP contribution in [0.4, 0.5) is 5.95 Å². The van der Waals surface area contributed by atoms with Gasteiger partial charge in [-0.3, -0.25) is 10.1 Å². The van der Waals surface area contributed by atoms with Crippen LogP contribution in [0.25, 0.3) is 11.0 Å². The number of aryl methyl sites for hydroxylation is 1. The van der Waals surface area contributed by atoms with E-state index < -0.39 is 0 Å². The van der Waals surface area contributed by atoms with Gasteiger partial charge in [0, 0.05) is 18.7 Å². The van der Waals surface area contributed by atoms with Gasteiger partial charge in [0.05, 0.1) is 15.9 Å². The van der Waals surface area contributed by atoms with E-state index in [1.165, 1.54) is 11.3 Å². The number of amides is 1. The molecule has 1 aliphatic rings. The summed E-state index contributed by atoms with van der Waals surface area (Å²) in [6.45, 7) is 0.586. The second-order valence-corrected chi connectivity index (χ2v) is 7.47. The Balaban J connectivity index is 1.25. The molecule has 0 fully saturated rings. The van der Waals surface area contributed by atoms with E-state index in [1.54, 1.807) is 6.07 Å². The number of carbonyl (C=O) groups excluding carboxylic acids is 1. The van der Waals surface area contributed by atoms with E-state index in [1.807, 2.05) is 59.5 Å². The number of carbonyl (C=O) groups is 1. The molecule has 8 heteroatoms. The third-order valence-electron chi connectivity index (χ3n) is 4.64. The van der Waals surface area contributed by atoms with Crippen molar-refractivity contribution >= 4 is 34.2 Å². The number of imidazole rings is 1. The number of anilines is 1. The van der Waals surface area contributed by atoms with Crippen LogP contribution in [-0.4, -0.2) is 22.3 Å². The lowest BCUT2D eigenvalue weighted by Gasteiger charge is -2.05. The van der Waals surface area contributed by atoms with Gasteiger partial charge in [-0.25, -0.2) is 4.98 Å². The number of rotatable bonds is 5. The van der Waals surface area contributed by atoms with E-state index in [0.29, 0.717) is 34.7 Å². The van der Waals surface area contributed by atoms with Crippen LogP contribution in [0.1, 0.15) is 15.2 Å². The molecule has 4 aromatic rings. The molecule has 0 aliphatic carbocycles. The first-order valence-corrected chi connectivity index (χ1v) is 9.88. The average Bonchev–Trinajstić information content (AvgIpc) is 3.46. The zero-order chi connectivity index (χ0) is 19.8. The van der Waals surface area contributed by atoms with Gasteiger partial charge in [-0.15, -0.1) is 11.3 Å². The lowest BCUT2D eigenvalue weighted by molar-refractivity contribution is 0.102. The van der Waals surface area contributed by atoms with E-state index in [2.05, 4.69) is 10.3 Å². The van der Waals surface area contributed by atoms with Gasteiger partial charge in [0.15, 0.2) is 11.5 Å². The van der Waals surface area contributed by atoms with Crippen molar-refractivity contribution in [3.05, 3.63) is 64.4 Å². The molecule has 0 spiro atoms. The second-order valence-electron chi connectivity index (χ2n) is 6.56. The Kier molecular flexibility index (Phi) is 4.33. The second kappa shape index (κ2) is 7.14. The Morgan fingerprint density at radius 1 is 1.21 bits per heavy atom. The molecule has 0 saturated carbocycles. The lowest BCUT2D eigenvalue weighted by atomic mass is 10.3. The summed E-state index contributed by atoms with van der Waals surface area (Å²) in [7, 11) is 1.88. The zero-order valence-corrected chi connectivity index (χ0v) is 16.4. The Morgan fingerprint density at radius 3 is 2.97 bits per heavy atom. The molecule has 7 nitrogen and oxygen atoms in total. The van der Waals surface area contributed by atoms with Crippen LogP contribution in [-0.2, 0) is 13.7 Å². The van der Waals surface area contributed by atoms with Crippen molar-refractivity contribution in [2.75, 3.05) is 12.1 Å². The Hall–Kier alpha value is -3.52. The SMILES string of the molecule is Cn1c(NC(=O)c2cc(COc3ccc4c(c3)OCO4)cs2)nc2ccccc21. The van der Waals surface area contributed by atoms with E-state index in [9.17, 15) is 4.79 Å². The quantitative estimate of drug-likeness (QED) is 0.537. The Bertz CT molecular complexity index is 1210. The summed E-state index contributed by atoms with van der Waals surface area (Å²) in [5.41, 5.74) is 2.73. The van der Waals surface area contributed by atoms with Crippen molar-refractivity contribution in [2.24, 2.45) is 7.05 Å². The number of benzene rings is 2. The monoisotopic (exact) mass is 407 g/mol. The van der Waals surface area contributed by atoms with Crippen molar-refractivity contribution in [3.63, 3.8) is 0 Å². The first-order valence-electron chi connectivity index (χ1n) is 9.00. The van der Waals surface area contributed by atoms with Crippen molar-refractivity contribution in [3.8, 4) is 17.2 Å². The fraction of sp³-hybridized carbons (Fsp3) is 0.143. The number of nitrogens with one attached hydrogen (secondary N) is 1. The molecule has 2 aromatic carbocycles. The largest absolute Gasteiger partial charge is 0.489 e. The molecule has 2 aromatic heterocycles. The zero-order valence-electron chi connectivity index (χ0n) is 15.5. The summed E-state index contributed by atoms with van der Waals surface area (Å²) in [6.07, 6.45) is 0. The molecule has 3 heterocycles. The summed E-state index contributed by atoms with van der Waals surface area (Å²) in [5.74, 6) is 2.40. The molecule has 1 aliphatic heterocycles. The number of hydrogen-bond acceptors (Lipinski definition) is 6. The maximum atomic E-state index is 12.6. The topological polar surface area (TPSA) is 74.6 Å². The third-order valence-corrected chi connectivity index (χ3v) is 5.62. The number of nitrogens with zero attached hydrogens (tertiary/aromatic N) is 2. The summed E-state index contributed by atoms with van der Waals surface area (Å²) < 4.78 is 18.3. The molecule has 0 bridgehead atoms. The van der Waals surface area contributed by atoms with Crippen LogP contribution in [0.2, 0.25) is 0 Å². The highest BCUT2D eigenvalue weighted by Crippen LogP contribution is 2.35. The van der Waals surface area contributed by atoms with Gasteiger partial charge in [-0.2, -0.15) is 0 Å². The normalized spacial score (nSPS) is 12.3. The van der Waals surface area contributed by atoms with Crippen molar-refractivity contribution in [1.29, 1.82) is 0 Å². The van der Waals surface area contributed by atoms with Gasteiger partial charge in [0.2, 0.25) is 12.7 Å². The predicted molar refractivity (Wildman–Crippen MR) is 110 cm³/mol. The molecule has 0 saturated heterocycles. The maximum absolute atomic E-state index is 12.6. The number of ether oxygens (including phenoxy) is 3. The molecular formula is C21H17N3O4S. The van der Waals surface area contributed by atoms with E-state index in [-0.39, 0.29) is 12.7 Å². The van der Waals surface area contributed by atoms with Crippen LogP contribution in [0.3, 0.4) is 0 Å². The smallest absolute Gasteiger partial charge is 0.268 e. The maximum Gasteiger partial charge on any atom is 0.268 e. The van der Waals surface area contributed by atoms with Crippen LogP contribution >= 0.6 is 11.3 Å². The Morgan fingerprint density at radius 2 is 2.07 bits per heavy atom. The summed E-state index contributed by atoms with van der Waals surface area (Å²) in [4.78, 5) is 17.7. The molecular weight excluding hydrogens is 390 g/mol. The van der Waals surface area contributed by atoms with Crippen LogP contribution in [0.15, 0.2) is 53.9 Å². The lowest BCUT2D eigenvalue weighted by Crippen LogP contribution is -2.13. The molecule has 29 heavy (non-hydrogen) atoms. The standard InChI is InChI=1S/C21H17N3O4S/c1-24-16-5-3-2-4-15(16)22-21(24)23-20(25)19-8-13(11-29-19)10-26-14-6-7-17-18(9-14)28-12-27-17/h2-9,11H,10,12H2,1H3,(H,22,23,25). The number of thiophene rings is 1. The van der Waals surface area contributed by atoms with Gasteiger partial charge in [-0.05, 0) is 35.7 Å².